The van der Waals surface area contributed by atoms with Gasteiger partial charge in [0.25, 0.3) is 0 Å². The zero-order valence-corrected chi connectivity index (χ0v) is 18.0. The van der Waals surface area contributed by atoms with Crippen LogP contribution in [-0.2, 0) is 14.3 Å². The number of ether oxygens (including phenoxy) is 2. The summed E-state index contributed by atoms with van der Waals surface area (Å²) in [4.78, 5) is 23.9. The number of hydrogen-bond acceptors (Lipinski definition) is 4. The van der Waals surface area contributed by atoms with Gasteiger partial charge in [0, 0.05) is 0 Å². The molecule has 160 valence electrons. The van der Waals surface area contributed by atoms with Gasteiger partial charge in [0.05, 0.1) is 13.2 Å². The fourth-order valence-corrected chi connectivity index (χ4v) is 2.89. The Kier molecular flexibility index (Phi) is 18.6. The Morgan fingerprint density at radius 1 is 0.667 bits per heavy atom. The molecule has 5 nitrogen and oxygen atoms in total. The third-order valence-electron chi connectivity index (χ3n) is 4.63. The molecule has 0 aliphatic rings. The molecule has 0 aromatic rings. The van der Waals surface area contributed by atoms with Crippen molar-refractivity contribution in [2.45, 2.75) is 117 Å². The molecule has 1 N–H and O–H groups in total. The number of hydrogen-bond donors (Lipinski definition) is 1. The van der Waals surface area contributed by atoms with Crippen LogP contribution in [0.15, 0.2) is 0 Å². The van der Waals surface area contributed by atoms with Crippen molar-refractivity contribution in [1.82, 2.24) is 5.32 Å². The summed E-state index contributed by atoms with van der Waals surface area (Å²) in [6.45, 7) is 7.07. The van der Waals surface area contributed by atoms with Gasteiger partial charge in [-0.2, -0.15) is 0 Å². The van der Waals surface area contributed by atoms with Crippen LogP contribution in [-0.4, -0.2) is 31.3 Å². The third-order valence-corrected chi connectivity index (χ3v) is 4.63. The Labute approximate surface area is 167 Å². The first-order chi connectivity index (χ1) is 13.2. The summed E-state index contributed by atoms with van der Waals surface area (Å²) in [6.07, 6.45) is 15.1. The van der Waals surface area contributed by atoms with Crippen LogP contribution >= 0.6 is 0 Å². The molecule has 0 radical (unpaired) electrons. The number of esters is 1. The number of carbonyl (C=O) groups is 2. The Morgan fingerprint density at radius 3 is 1.74 bits per heavy atom. The summed E-state index contributed by atoms with van der Waals surface area (Å²) in [6, 6.07) is -0.604. The molecule has 0 saturated carbocycles. The maximum atomic E-state index is 12.2. The van der Waals surface area contributed by atoms with Crippen molar-refractivity contribution in [2.24, 2.45) is 0 Å². The second-order valence-corrected chi connectivity index (χ2v) is 7.32. The second kappa shape index (κ2) is 19.5. The number of rotatable bonds is 18. The van der Waals surface area contributed by atoms with E-state index in [2.05, 4.69) is 12.2 Å². The minimum Gasteiger partial charge on any atom is -0.464 e. The molecule has 1 atom stereocenters. The van der Waals surface area contributed by atoms with E-state index in [0.29, 0.717) is 19.6 Å². The molecular formula is C22H43NO4. The first kappa shape index (κ1) is 25.7. The maximum absolute atomic E-state index is 12.2. The maximum Gasteiger partial charge on any atom is 0.407 e. The van der Waals surface area contributed by atoms with Crippen LogP contribution < -0.4 is 5.32 Å². The predicted octanol–water partition coefficient (Wildman–Crippen LogP) is 6.15. The fourth-order valence-electron chi connectivity index (χ4n) is 2.89. The number of amides is 1. The van der Waals surface area contributed by atoms with Crippen LogP contribution in [0.2, 0.25) is 0 Å². The molecule has 27 heavy (non-hydrogen) atoms. The smallest absolute Gasteiger partial charge is 0.407 e. The highest BCUT2D eigenvalue weighted by Crippen LogP contribution is 2.10. The van der Waals surface area contributed by atoms with Crippen molar-refractivity contribution < 1.29 is 19.1 Å². The molecule has 5 heteroatoms. The van der Waals surface area contributed by atoms with E-state index in [1.807, 2.05) is 13.8 Å². The van der Waals surface area contributed by atoms with Gasteiger partial charge in [-0.15, -0.1) is 0 Å². The molecular weight excluding hydrogens is 342 g/mol. The summed E-state index contributed by atoms with van der Waals surface area (Å²) in [5.74, 6) is -0.347. The average molecular weight is 386 g/mol. The van der Waals surface area contributed by atoms with Gasteiger partial charge < -0.3 is 14.8 Å². The minimum atomic E-state index is -0.604. The Bertz CT molecular complexity index is 360. The van der Waals surface area contributed by atoms with Crippen LogP contribution in [0.25, 0.3) is 0 Å². The highest BCUT2D eigenvalue weighted by atomic mass is 16.6. The summed E-state index contributed by atoms with van der Waals surface area (Å²) in [5, 5.41) is 2.63. The van der Waals surface area contributed by atoms with Crippen molar-refractivity contribution in [3.63, 3.8) is 0 Å². The highest BCUT2D eigenvalue weighted by Gasteiger charge is 2.21. The van der Waals surface area contributed by atoms with E-state index in [4.69, 9.17) is 9.47 Å². The van der Waals surface area contributed by atoms with Crippen LogP contribution in [0.3, 0.4) is 0 Å². The third kappa shape index (κ3) is 16.6. The first-order valence-electron chi connectivity index (χ1n) is 11.3. The first-order valence-corrected chi connectivity index (χ1v) is 11.3. The summed E-state index contributed by atoms with van der Waals surface area (Å²) in [7, 11) is 0. The summed E-state index contributed by atoms with van der Waals surface area (Å²) < 4.78 is 10.4. The van der Waals surface area contributed by atoms with Crippen LogP contribution in [0.1, 0.15) is 111 Å². The van der Waals surface area contributed by atoms with E-state index in [9.17, 15) is 9.59 Å². The lowest BCUT2D eigenvalue weighted by Gasteiger charge is -2.17. The van der Waals surface area contributed by atoms with Crippen LogP contribution in [0.4, 0.5) is 4.79 Å². The van der Waals surface area contributed by atoms with E-state index in [0.717, 1.165) is 32.1 Å². The average Bonchev–Trinajstić information content (AvgIpc) is 2.65. The van der Waals surface area contributed by atoms with Crippen molar-refractivity contribution in [3.05, 3.63) is 0 Å². The largest absolute Gasteiger partial charge is 0.464 e. The summed E-state index contributed by atoms with van der Waals surface area (Å²) >= 11 is 0. The van der Waals surface area contributed by atoms with Gasteiger partial charge >= 0.3 is 12.1 Å². The van der Waals surface area contributed by atoms with Gasteiger partial charge in [-0.3, -0.25) is 0 Å². The topological polar surface area (TPSA) is 64.6 Å². The zero-order chi connectivity index (χ0) is 20.2. The molecule has 0 aromatic carbocycles. The van der Waals surface area contributed by atoms with Gasteiger partial charge in [-0.1, -0.05) is 91.4 Å². The molecule has 0 saturated heterocycles. The number of unbranched alkanes of at least 4 members (excludes halogenated alkanes) is 10. The molecule has 0 bridgehead atoms. The van der Waals surface area contributed by atoms with Crippen molar-refractivity contribution in [2.75, 3.05) is 13.2 Å². The van der Waals surface area contributed by atoms with Gasteiger partial charge in [0.1, 0.15) is 6.04 Å². The minimum absolute atomic E-state index is 0.347. The Balaban J connectivity index is 3.74. The molecule has 1 unspecified atom stereocenters. The van der Waals surface area contributed by atoms with Gasteiger partial charge in [0.2, 0.25) is 0 Å². The monoisotopic (exact) mass is 385 g/mol. The summed E-state index contributed by atoms with van der Waals surface area (Å²) in [5.41, 5.74) is 0. The Morgan fingerprint density at radius 2 is 1.19 bits per heavy atom. The quantitative estimate of drug-likeness (QED) is 0.227. The lowest BCUT2D eigenvalue weighted by Crippen LogP contribution is -2.42. The number of nitrogens with one attached hydrogen (secondary N) is 1. The molecule has 0 aliphatic carbocycles. The highest BCUT2D eigenvalue weighted by molar-refractivity contribution is 5.81. The lowest BCUT2D eigenvalue weighted by molar-refractivity contribution is -0.146. The fraction of sp³-hybridized carbons (Fsp3) is 0.909. The van der Waals surface area contributed by atoms with E-state index in [-0.39, 0.29) is 5.97 Å². The number of alkyl carbamates (subject to hydrolysis) is 1. The number of carbonyl (C=O) groups excluding carboxylic acids is 2. The predicted molar refractivity (Wildman–Crippen MR) is 111 cm³/mol. The van der Waals surface area contributed by atoms with Crippen molar-refractivity contribution in [1.29, 1.82) is 0 Å². The van der Waals surface area contributed by atoms with Gasteiger partial charge in [-0.05, 0) is 19.3 Å². The van der Waals surface area contributed by atoms with Gasteiger partial charge in [-0.25, -0.2) is 9.59 Å². The normalized spacial score (nSPS) is 11.8. The second-order valence-electron chi connectivity index (χ2n) is 7.32. The van der Waals surface area contributed by atoms with Crippen LogP contribution in [0.5, 0.6) is 0 Å². The van der Waals surface area contributed by atoms with E-state index in [1.54, 1.807) is 0 Å². The lowest BCUT2D eigenvalue weighted by atomic mass is 10.1. The van der Waals surface area contributed by atoms with E-state index >= 15 is 0 Å². The van der Waals surface area contributed by atoms with Crippen molar-refractivity contribution in [3.8, 4) is 0 Å². The zero-order valence-electron chi connectivity index (χ0n) is 18.0. The molecule has 0 rings (SSSR count). The molecule has 0 fully saturated rings. The van der Waals surface area contributed by atoms with Crippen molar-refractivity contribution >= 4 is 12.1 Å². The molecule has 0 aliphatic heterocycles. The Hall–Kier alpha value is -1.26. The van der Waals surface area contributed by atoms with E-state index in [1.165, 1.54) is 51.4 Å². The van der Waals surface area contributed by atoms with Gasteiger partial charge in [0.15, 0.2) is 0 Å². The van der Waals surface area contributed by atoms with Crippen LogP contribution in [0, 0.1) is 0 Å². The van der Waals surface area contributed by atoms with E-state index < -0.39 is 12.1 Å². The SMILES string of the molecule is CCCCCCCCCCCCOC(=O)C(CCC)NC(=O)OCCCC. The molecule has 0 heterocycles. The standard InChI is InChI=1S/C22H43NO4/c1-4-7-9-10-11-12-13-14-15-16-19-26-21(24)20(17-6-3)23-22(25)27-18-8-5-2/h20H,4-19H2,1-3H3,(H,23,25). The molecule has 0 spiro atoms. The molecule has 1 amide bonds. The molecule has 0 aromatic heterocycles.